The highest BCUT2D eigenvalue weighted by atomic mass is 35.5. The second kappa shape index (κ2) is 8.17. The first-order valence-electron chi connectivity index (χ1n) is 8.33. The molecule has 2 amide bonds. The van der Waals surface area contributed by atoms with Gasteiger partial charge in [-0.1, -0.05) is 47.5 Å². The van der Waals surface area contributed by atoms with Crippen molar-refractivity contribution in [1.29, 1.82) is 0 Å². The van der Waals surface area contributed by atoms with Crippen molar-refractivity contribution in [3.05, 3.63) is 58.1 Å². The molecule has 0 radical (unpaired) electrons. The summed E-state index contributed by atoms with van der Waals surface area (Å²) in [7, 11) is 1.81. The molecule has 142 valence electrons. The zero-order valence-electron chi connectivity index (χ0n) is 14.7. The number of para-hydroxylation sites is 2. The number of hydrogen-bond acceptors (Lipinski definition) is 4. The summed E-state index contributed by atoms with van der Waals surface area (Å²) in [5.74, 6) is -0.319. The zero-order chi connectivity index (χ0) is 19.6. The molecule has 0 aromatic heterocycles. The van der Waals surface area contributed by atoms with Crippen LogP contribution in [0.1, 0.15) is 5.56 Å². The number of benzene rings is 2. The molecule has 2 N–H and O–H groups in total. The molecule has 2 aromatic rings. The van der Waals surface area contributed by atoms with Crippen LogP contribution in [0.5, 0.6) is 5.75 Å². The highest BCUT2D eigenvalue weighted by Gasteiger charge is 2.32. The Hall–Kier alpha value is -2.28. The maximum atomic E-state index is 12.9. The smallest absolute Gasteiger partial charge is 0.260 e. The minimum Gasteiger partial charge on any atom is -0.477 e. The number of nitrogens with zero attached hydrogens (tertiary/aromatic N) is 2. The third kappa shape index (κ3) is 4.35. The second-order valence-corrected chi connectivity index (χ2v) is 7.15. The number of carbonyl (C=O) groups excluding carboxylic acids is 2. The molecule has 0 spiro atoms. The number of anilines is 1. The van der Waals surface area contributed by atoms with E-state index in [9.17, 15) is 9.59 Å². The molecule has 1 unspecified atom stereocenters. The average Bonchev–Trinajstić information content (AvgIpc) is 2.64. The molecule has 0 saturated carbocycles. The molecule has 27 heavy (non-hydrogen) atoms. The molecule has 2 aromatic carbocycles. The van der Waals surface area contributed by atoms with Gasteiger partial charge in [-0.3, -0.25) is 14.5 Å². The first kappa shape index (κ1) is 19.5. The van der Waals surface area contributed by atoms with E-state index in [1.165, 1.54) is 4.90 Å². The number of hydrogen-bond donors (Lipinski definition) is 1. The minimum absolute atomic E-state index is 0.0803. The second-order valence-electron chi connectivity index (χ2n) is 6.37. The largest absolute Gasteiger partial charge is 0.477 e. The minimum atomic E-state index is -0.878. The van der Waals surface area contributed by atoms with Crippen molar-refractivity contribution in [3.63, 3.8) is 0 Å². The molecule has 1 heterocycles. The predicted octanol–water partition coefficient (Wildman–Crippen LogP) is 2.70. The summed E-state index contributed by atoms with van der Waals surface area (Å²) in [6.45, 7) is 0.663. The third-order valence-electron chi connectivity index (χ3n) is 4.27. The SMILES string of the molecule is CN(CC(=O)N1CC(C(N)=O)Oc2ccccc21)Cc1cccc(Cl)c1Cl. The van der Waals surface area contributed by atoms with Crippen molar-refractivity contribution in [1.82, 2.24) is 4.90 Å². The summed E-state index contributed by atoms with van der Waals surface area (Å²) < 4.78 is 5.59. The van der Waals surface area contributed by atoms with Crippen LogP contribution in [0, 0.1) is 0 Å². The van der Waals surface area contributed by atoms with E-state index < -0.39 is 12.0 Å². The van der Waals surface area contributed by atoms with Crippen molar-refractivity contribution < 1.29 is 14.3 Å². The highest BCUT2D eigenvalue weighted by molar-refractivity contribution is 6.42. The van der Waals surface area contributed by atoms with Gasteiger partial charge in [-0.25, -0.2) is 0 Å². The summed E-state index contributed by atoms with van der Waals surface area (Å²) in [6, 6.07) is 12.5. The first-order valence-corrected chi connectivity index (χ1v) is 9.09. The Morgan fingerprint density at radius 3 is 2.70 bits per heavy atom. The Morgan fingerprint density at radius 2 is 1.96 bits per heavy atom. The van der Waals surface area contributed by atoms with E-state index in [0.717, 1.165) is 5.56 Å². The fraction of sp³-hybridized carbons (Fsp3) is 0.263. The van der Waals surface area contributed by atoms with E-state index in [1.54, 1.807) is 24.3 Å². The van der Waals surface area contributed by atoms with Gasteiger partial charge in [-0.15, -0.1) is 0 Å². The zero-order valence-corrected chi connectivity index (χ0v) is 16.2. The Balaban J connectivity index is 1.74. The van der Waals surface area contributed by atoms with Crippen molar-refractivity contribution in [3.8, 4) is 5.75 Å². The number of carbonyl (C=O) groups is 2. The maximum absolute atomic E-state index is 12.9. The summed E-state index contributed by atoms with van der Waals surface area (Å²) >= 11 is 12.3. The van der Waals surface area contributed by atoms with Crippen LogP contribution in [0.3, 0.4) is 0 Å². The lowest BCUT2D eigenvalue weighted by Gasteiger charge is -2.34. The molecule has 1 atom stereocenters. The molecule has 6 nitrogen and oxygen atoms in total. The molecule has 1 aliphatic rings. The molecule has 0 bridgehead atoms. The third-order valence-corrected chi connectivity index (χ3v) is 5.13. The molecular weight excluding hydrogens is 389 g/mol. The number of halogens is 2. The van der Waals surface area contributed by atoms with Gasteiger partial charge in [-0.05, 0) is 30.8 Å². The van der Waals surface area contributed by atoms with Gasteiger partial charge in [0.25, 0.3) is 5.91 Å². The fourth-order valence-electron chi connectivity index (χ4n) is 2.95. The summed E-state index contributed by atoms with van der Waals surface area (Å²) in [4.78, 5) is 27.8. The molecular formula is C19H19Cl2N3O3. The van der Waals surface area contributed by atoms with Gasteiger partial charge in [-0.2, -0.15) is 0 Å². The van der Waals surface area contributed by atoms with Gasteiger partial charge in [0.15, 0.2) is 6.10 Å². The number of nitrogens with two attached hydrogens (primary N) is 1. The Morgan fingerprint density at radius 1 is 1.22 bits per heavy atom. The maximum Gasteiger partial charge on any atom is 0.260 e. The highest BCUT2D eigenvalue weighted by Crippen LogP contribution is 2.33. The van der Waals surface area contributed by atoms with E-state index in [2.05, 4.69) is 0 Å². The van der Waals surface area contributed by atoms with Gasteiger partial charge in [0, 0.05) is 6.54 Å². The van der Waals surface area contributed by atoms with E-state index >= 15 is 0 Å². The molecule has 8 heteroatoms. The molecule has 0 saturated heterocycles. The van der Waals surface area contributed by atoms with Crippen LogP contribution in [0.2, 0.25) is 10.0 Å². The van der Waals surface area contributed by atoms with Crippen LogP contribution < -0.4 is 15.4 Å². The van der Waals surface area contributed by atoms with Crippen LogP contribution in [0.25, 0.3) is 0 Å². The first-order chi connectivity index (χ1) is 12.9. The van der Waals surface area contributed by atoms with Crippen molar-refractivity contribution in [2.24, 2.45) is 5.73 Å². The number of likely N-dealkylation sites (N-methyl/N-ethyl adjacent to an activating group) is 1. The van der Waals surface area contributed by atoms with Gasteiger partial charge in [0.1, 0.15) is 5.75 Å². The average molecular weight is 408 g/mol. The number of rotatable bonds is 5. The van der Waals surface area contributed by atoms with E-state index in [0.29, 0.717) is 28.0 Å². The van der Waals surface area contributed by atoms with Crippen molar-refractivity contribution >= 4 is 40.7 Å². The summed E-state index contributed by atoms with van der Waals surface area (Å²) in [6.07, 6.45) is -0.878. The molecule has 1 aliphatic heterocycles. The Kier molecular flexibility index (Phi) is 5.89. The predicted molar refractivity (Wildman–Crippen MR) is 105 cm³/mol. The number of amides is 2. The lowest BCUT2D eigenvalue weighted by atomic mass is 10.1. The van der Waals surface area contributed by atoms with Crippen LogP contribution in [0.4, 0.5) is 5.69 Å². The van der Waals surface area contributed by atoms with Crippen LogP contribution in [-0.2, 0) is 16.1 Å². The number of fused-ring (bicyclic) bond motifs is 1. The van der Waals surface area contributed by atoms with Crippen LogP contribution in [-0.4, -0.2) is 43.0 Å². The van der Waals surface area contributed by atoms with Gasteiger partial charge >= 0.3 is 0 Å². The van der Waals surface area contributed by atoms with E-state index in [4.69, 9.17) is 33.7 Å². The Bertz CT molecular complexity index is 875. The van der Waals surface area contributed by atoms with E-state index in [-0.39, 0.29) is 19.0 Å². The fourth-order valence-corrected chi connectivity index (χ4v) is 3.33. The van der Waals surface area contributed by atoms with Crippen LogP contribution in [0.15, 0.2) is 42.5 Å². The topological polar surface area (TPSA) is 75.9 Å². The molecule has 0 aliphatic carbocycles. The standard InChI is InChI=1S/C19H19Cl2N3O3/c1-23(9-12-5-4-6-13(20)18(12)21)11-17(25)24-10-16(19(22)26)27-15-8-3-2-7-14(15)24/h2-8,16H,9-11H2,1H3,(H2,22,26). The van der Waals surface area contributed by atoms with Gasteiger partial charge in [0.2, 0.25) is 5.91 Å². The molecule has 0 fully saturated rings. The van der Waals surface area contributed by atoms with Gasteiger partial charge in [0.05, 0.1) is 28.8 Å². The summed E-state index contributed by atoms with van der Waals surface area (Å²) in [5, 5.41) is 0.948. The van der Waals surface area contributed by atoms with Crippen molar-refractivity contribution in [2.45, 2.75) is 12.6 Å². The molecule has 3 rings (SSSR count). The lowest BCUT2D eigenvalue weighted by molar-refractivity contribution is -0.125. The monoisotopic (exact) mass is 407 g/mol. The van der Waals surface area contributed by atoms with Crippen molar-refractivity contribution in [2.75, 3.05) is 25.0 Å². The quantitative estimate of drug-likeness (QED) is 0.826. The number of ether oxygens (including phenoxy) is 1. The van der Waals surface area contributed by atoms with E-state index in [1.807, 2.05) is 30.1 Å². The van der Waals surface area contributed by atoms with Crippen LogP contribution >= 0.6 is 23.2 Å². The Labute approximate surface area is 167 Å². The normalized spacial score (nSPS) is 16.0. The number of primary amides is 1. The van der Waals surface area contributed by atoms with Gasteiger partial charge < -0.3 is 15.4 Å². The summed E-state index contributed by atoms with van der Waals surface area (Å²) in [5.41, 5.74) is 6.83. The lowest BCUT2D eigenvalue weighted by Crippen LogP contribution is -2.51.